The van der Waals surface area contributed by atoms with Crippen molar-refractivity contribution >= 4 is 5.97 Å². The molecule has 0 amide bonds. The van der Waals surface area contributed by atoms with Gasteiger partial charge in [0.15, 0.2) is 0 Å². The number of carboxylic acids is 1. The topological polar surface area (TPSA) is 49.3 Å². The first-order chi connectivity index (χ1) is 8.36. The lowest BCUT2D eigenvalue weighted by molar-refractivity contribution is -0.140. The Kier molecular flexibility index (Phi) is 9.08. The Morgan fingerprint density at radius 3 is 1.94 bits per heavy atom. The van der Waals surface area contributed by atoms with Crippen LogP contribution in [-0.4, -0.2) is 23.2 Å². The average Bonchev–Trinajstić information content (AvgIpc) is 2.21. The Labute approximate surface area is 112 Å². The second kappa shape index (κ2) is 9.37. The highest BCUT2D eigenvalue weighted by atomic mass is 16.4. The number of rotatable bonds is 10. The number of aliphatic carboxylic acids is 1. The van der Waals surface area contributed by atoms with Crippen LogP contribution in [0.2, 0.25) is 0 Å². The van der Waals surface area contributed by atoms with E-state index in [9.17, 15) is 9.90 Å². The van der Waals surface area contributed by atoms with Crippen LogP contribution >= 0.6 is 0 Å². The summed E-state index contributed by atoms with van der Waals surface area (Å²) in [7, 11) is 0. The van der Waals surface area contributed by atoms with Crippen LogP contribution in [0.3, 0.4) is 0 Å². The Hall–Kier alpha value is -0.570. The van der Waals surface area contributed by atoms with Gasteiger partial charge in [0.1, 0.15) is 6.04 Å². The first kappa shape index (κ1) is 17.4. The van der Waals surface area contributed by atoms with Crippen molar-refractivity contribution in [3.63, 3.8) is 0 Å². The average molecular weight is 257 g/mol. The summed E-state index contributed by atoms with van der Waals surface area (Å²) < 4.78 is 0. The van der Waals surface area contributed by atoms with Gasteiger partial charge in [0.2, 0.25) is 0 Å². The Morgan fingerprint density at radius 1 is 1.11 bits per heavy atom. The molecular weight excluding hydrogens is 226 g/mol. The number of hydrogen-bond acceptors (Lipinski definition) is 2. The summed E-state index contributed by atoms with van der Waals surface area (Å²) in [5.41, 5.74) is 0. The summed E-state index contributed by atoms with van der Waals surface area (Å²) in [6, 6.07) is -0.0598. The number of hydrogen-bond donors (Lipinski definition) is 2. The molecule has 0 aromatic rings. The molecule has 0 rings (SSSR count). The summed E-state index contributed by atoms with van der Waals surface area (Å²) in [5, 5.41) is 12.6. The molecular formula is C15H31NO2. The fraction of sp³-hybridized carbons (Fsp3) is 0.933. The molecule has 0 aliphatic heterocycles. The Morgan fingerprint density at radius 2 is 1.61 bits per heavy atom. The van der Waals surface area contributed by atoms with Gasteiger partial charge >= 0.3 is 5.97 Å². The molecule has 0 heterocycles. The van der Waals surface area contributed by atoms with E-state index >= 15 is 0 Å². The summed E-state index contributed by atoms with van der Waals surface area (Å²) in [6.07, 6.45) is 4.85. The van der Waals surface area contributed by atoms with Gasteiger partial charge in [-0.05, 0) is 31.1 Å². The zero-order chi connectivity index (χ0) is 14.1. The van der Waals surface area contributed by atoms with Crippen LogP contribution < -0.4 is 5.32 Å². The minimum Gasteiger partial charge on any atom is -0.480 e. The lowest BCUT2D eigenvalue weighted by Crippen LogP contribution is -2.44. The fourth-order valence-electron chi connectivity index (χ4n) is 2.34. The van der Waals surface area contributed by atoms with E-state index in [0.717, 1.165) is 32.1 Å². The van der Waals surface area contributed by atoms with Crippen LogP contribution in [0.15, 0.2) is 0 Å². The third kappa shape index (κ3) is 8.51. The maximum atomic E-state index is 11.2. The number of unbranched alkanes of at least 4 members (excludes halogenated alkanes) is 1. The van der Waals surface area contributed by atoms with Crippen LogP contribution in [0.5, 0.6) is 0 Å². The first-order valence-corrected chi connectivity index (χ1v) is 7.35. The molecule has 0 saturated carbocycles. The van der Waals surface area contributed by atoms with Crippen LogP contribution in [-0.2, 0) is 4.79 Å². The zero-order valence-electron chi connectivity index (χ0n) is 12.7. The van der Waals surface area contributed by atoms with Crippen molar-refractivity contribution < 1.29 is 9.90 Å². The van der Waals surface area contributed by atoms with Crippen molar-refractivity contribution in [1.82, 2.24) is 5.32 Å². The molecule has 0 aliphatic carbocycles. The van der Waals surface area contributed by atoms with Crippen molar-refractivity contribution in [2.75, 3.05) is 0 Å². The van der Waals surface area contributed by atoms with Gasteiger partial charge in [0, 0.05) is 6.04 Å². The van der Waals surface area contributed by atoms with Crippen LogP contribution in [0, 0.1) is 11.8 Å². The maximum absolute atomic E-state index is 11.2. The summed E-state index contributed by atoms with van der Waals surface area (Å²) in [5.74, 6) is 0.490. The van der Waals surface area contributed by atoms with Gasteiger partial charge in [-0.2, -0.15) is 0 Å². The molecule has 0 spiro atoms. The molecule has 0 saturated heterocycles. The van der Waals surface area contributed by atoms with Gasteiger partial charge in [-0.25, -0.2) is 0 Å². The number of carboxylic acid groups (broad SMARTS) is 1. The third-order valence-electron chi connectivity index (χ3n) is 3.09. The molecule has 0 aromatic heterocycles. The Balaban J connectivity index is 4.42. The second-order valence-corrected chi connectivity index (χ2v) is 6.16. The summed E-state index contributed by atoms with van der Waals surface area (Å²) in [6.45, 7) is 10.9. The molecule has 3 heteroatoms. The van der Waals surface area contributed by atoms with E-state index in [4.69, 9.17) is 0 Å². The standard InChI is InChI=1S/C15H31NO2/c1-6-7-8-14(15(17)18)16-13(9-11(2)3)10-12(4)5/h11-14,16H,6-10H2,1-5H3,(H,17,18). The van der Waals surface area contributed by atoms with E-state index < -0.39 is 5.97 Å². The number of nitrogens with one attached hydrogen (secondary N) is 1. The third-order valence-corrected chi connectivity index (χ3v) is 3.09. The summed E-state index contributed by atoms with van der Waals surface area (Å²) >= 11 is 0. The van der Waals surface area contributed by atoms with Crippen LogP contribution in [0.25, 0.3) is 0 Å². The lowest BCUT2D eigenvalue weighted by atomic mass is 9.94. The fourth-order valence-corrected chi connectivity index (χ4v) is 2.34. The van der Waals surface area contributed by atoms with E-state index in [1.54, 1.807) is 0 Å². The molecule has 2 N–H and O–H groups in total. The van der Waals surface area contributed by atoms with E-state index in [0.29, 0.717) is 17.9 Å². The van der Waals surface area contributed by atoms with E-state index in [2.05, 4.69) is 39.9 Å². The highest BCUT2D eigenvalue weighted by molar-refractivity contribution is 5.73. The normalized spacial score (nSPS) is 13.6. The predicted molar refractivity (Wildman–Crippen MR) is 76.8 cm³/mol. The van der Waals surface area contributed by atoms with E-state index in [1.165, 1.54) is 0 Å². The monoisotopic (exact) mass is 257 g/mol. The lowest BCUT2D eigenvalue weighted by Gasteiger charge is -2.26. The summed E-state index contributed by atoms with van der Waals surface area (Å²) in [4.78, 5) is 11.2. The van der Waals surface area contributed by atoms with Gasteiger partial charge in [-0.1, -0.05) is 47.5 Å². The SMILES string of the molecule is CCCCC(NC(CC(C)C)CC(C)C)C(=O)O. The number of carbonyl (C=O) groups is 1. The van der Waals surface area contributed by atoms with Gasteiger partial charge in [-0.15, -0.1) is 0 Å². The van der Waals surface area contributed by atoms with Crippen molar-refractivity contribution in [1.29, 1.82) is 0 Å². The first-order valence-electron chi connectivity index (χ1n) is 7.35. The maximum Gasteiger partial charge on any atom is 0.320 e. The Bertz CT molecular complexity index is 217. The van der Waals surface area contributed by atoms with Crippen molar-refractivity contribution in [2.45, 2.75) is 78.8 Å². The van der Waals surface area contributed by atoms with Crippen molar-refractivity contribution in [3.8, 4) is 0 Å². The van der Waals surface area contributed by atoms with Gasteiger partial charge in [0.25, 0.3) is 0 Å². The van der Waals surface area contributed by atoms with Crippen LogP contribution in [0.1, 0.15) is 66.7 Å². The minimum atomic E-state index is -0.707. The van der Waals surface area contributed by atoms with Gasteiger partial charge in [-0.3, -0.25) is 4.79 Å². The second-order valence-electron chi connectivity index (χ2n) is 6.16. The molecule has 3 nitrogen and oxygen atoms in total. The highest BCUT2D eigenvalue weighted by Crippen LogP contribution is 2.15. The quantitative estimate of drug-likeness (QED) is 0.627. The largest absolute Gasteiger partial charge is 0.480 e. The van der Waals surface area contributed by atoms with E-state index in [1.807, 2.05) is 0 Å². The molecule has 1 unspecified atom stereocenters. The predicted octanol–water partition coefficient (Wildman–Crippen LogP) is 3.68. The van der Waals surface area contributed by atoms with Crippen molar-refractivity contribution in [3.05, 3.63) is 0 Å². The smallest absolute Gasteiger partial charge is 0.320 e. The molecule has 1 atom stereocenters. The van der Waals surface area contributed by atoms with Gasteiger partial charge in [0.05, 0.1) is 0 Å². The van der Waals surface area contributed by atoms with Gasteiger partial charge < -0.3 is 10.4 Å². The molecule has 18 heavy (non-hydrogen) atoms. The zero-order valence-corrected chi connectivity index (χ0v) is 12.7. The van der Waals surface area contributed by atoms with Crippen molar-refractivity contribution in [2.24, 2.45) is 11.8 Å². The highest BCUT2D eigenvalue weighted by Gasteiger charge is 2.22. The minimum absolute atomic E-state index is 0.322. The molecule has 0 fully saturated rings. The molecule has 0 aromatic carbocycles. The molecule has 0 bridgehead atoms. The molecule has 0 radical (unpaired) electrons. The van der Waals surface area contributed by atoms with Crippen LogP contribution in [0.4, 0.5) is 0 Å². The molecule has 108 valence electrons. The van der Waals surface area contributed by atoms with E-state index in [-0.39, 0.29) is 6.04 Å². The molecule has 0 aliphatic rings.